The van der Waals surface area contributed by atoms with Gasteiger partial charge in [0.15, 0.2) is 0 Å². The zero-order chi connectivity index (χ0) is 18.8. The van der Waals surface area contributed by atoms with Gasteiger partial charge >= 0.3 is 0 Å². The van der Waals surface area contributed by atoms with Crippen molar-refractivity contribution in [2.75, 3.05) is 11.4 Å². The molecule has 0 bridgehead atoms. The second-order valence-electron chi connectivity index (χ2n) is 7.21. The van der Waals surface area contributed by atoms with E-state index in [1.54, 1.807) is 0 Å². The highest BCUT2D eigenvalue weighted by Crippen LogP contribution is 2.40. The normalized spacial score (nSPS) is 17.4. The lowest BCUT2D eigenvalue weighted by Gasteiger charge is -2.33. The third-order valence-corrected chi connectivity index (χ3v) is 4.79. The van der Waals surface area contributed by atoms with Crippen molar-refractivity contribution in [3.63, 3.8) is 0 Å². The van der Waals surface area contributed by atoms with E-state index >= 15 is 0 Å². The number of allylic oxidation sites excluding steroid dienone is 3. The van der Waals surface area contributed by atoms with E-state index in [1.807, 2.05) is 17.7 Å². The second kappa shape index (κ2) is 7.32. The van der Waals surface area contributed by atoms with Crippen LogP contribution in [0.4, 0.5) is 5.69 Å². The van der Waals surface area contributed by atoms with E-state index in [1.165, 1.54) is 16.8 Å². The largest absolute Gasteiger partial charge is 0.364 e. The third-order valence-electron chi connectivity index (χ3n) is 4.79. The van der Waals surface area contributed by atoms with Crippen LogP contribution in [-0.2, 0) is 0 Å². The van der Waals surface area contributed by atoms with Gasteiger partial charge in [-0.1, -0.05) is 48.2 Å². The van der Waals surface area contributed by atoms with Crippen LogP contribution in [0.5, 0.6) is 0 Å². The molecule has 4 heteroatoms. The fourth-order valence-electron chi connectivity index (χ4n) is 3.55. The molecule has 0 unspecified atom stereocenters. The van der Waals surface area contributed by atoms with Crippen LogP contribution < -0.4 is 4.90 Å². The van der Waals surface area contributed by atoms with Crippen LogP contribution in [0, 0.1) is 0 Å². The summed E-state index contributed by atoms with van der Waals surface area (Å²) < 4.78 is 2.02. The summed E-state index contributed by atoms with van der Waals surface area (Å²) in [6.07, 6.45) is 6.16. The molecule has 2 heterocycles. The van der Waals surface area contributed by atoms with Crippen molar-refractivity contribution >= 4 is 11.3 Å². The Morgan fingerprint density at radius 1 is 1.12 bits per heavy atom. The summed E-state index contributed by atoms with van der Waals surface area (Å²) in [5.41, 5.74) is 6.65. The lowest BCUT2D eigenvalue weighted by molar-refractivity contribution is 0.519. The van der Waals surface area contributed by atoms with Crippen molar-refractivity contribution in [3.05, 3.63) is 60.3 Å². The molecule has 0 radical (unpaired) electrons. The first-order chi connectivity index (χ1) is 12.5. The Hall–Kier alpha value is -2.62. The first-order valence-corrected chi connectivity index (χ1v) is 9.29. The Morgan fingerprint density at radius 3 is 2.46 bits per heavy atom. The molecule has 26 heavy (non-hydrogen) atoms. The molecule has 0 atom stereocenters. The van der Waals surface area contributed by atoms with E-state index < -0.39 is 0 Å². The number of nitrogens with zero attached hydrogens (tertiary/aromatic N) is 4. The summed E-state index contributed by atoms with van der Waals surface area (Å²) in [4.78, 5) is 2.44. The molecule has 1 aliphatic heterocycles. The van der Waals surface area contributed by atoms with Gasteiger partial charge in [-0.15, -0.1) is 5.10 Å². The van der Waals surface area contributed by atoms with Crippen LogP contribution in [0.25, 0.3) is 16.8 Å². The van der Waals surface area contributed by atoms with Gasteiger partial charge in [-0.2, -0.15) is 0 Å². The van der Waals surface area contributed by atoms with Gasteiger partial charge in [0.2, 0.25) is 0 Å². The van der Waals surface area contributed by atoms with Crippen molar-refractivity contribution in [2.45, 2.75) is 46.7 Å². The lowest BCUT2D eigenvalue weighted by Crippen LogP contribution is -2.34. The average molecular weight is 348 g/mol. The predicted molar refractivity (Wildman–Crippen MR) is 110 cm³/mol. The maximum Gasteiger partial charge on any atom is 0.121 e. The minimum Gasteiger partial charge on any atom is -0.364 e. The smallest absolute Gasteiger partial charge is 0.121 e. The van der Waals surface area contributed by atoms with Gasteiger partial charge in [-0.05, 0) is 46.3 Å². The lowest BCUT2D eigenvalue weighted by atomic mass is 9.94. The standard InChI is InChI=1S/C22H28N4/c1-7-11-17-14-25(15(3)4)20-13-10-9-12-19(20)22-21(18(17)8-2)23-24-26(22)16(5)6/h7-13,15-16H,2,14H2,1,3-6H3/b11-7-,18-17-. The molecule has 1 aromatic carbocycles. The quantitative estimate of drug-likeness (QED) is 0.755. The predicted octanol–water partition coefficient (Wildman–Crippen LogP) is 5.27. The maximum atomic E-state index is 4.56. The van der Waals surface area contributed by atoms with Crippen molar-refractivity contribution in [2.24, 2.45) is 0 Å². The van der Waals surface area contributed by atoms with Crippen LogP contribution in [0.15, 0.2) is 54.6 Å². The molecule has 0 spiro atoms. The Morgan fingerprint density at radius 2 is 1.85 bits per heavy atom. The van der Waals surface area contributed by atoms with Crippen LogP contribution in [-0.4, -0.2) is 27.6 Å². The Kier molecular flexibility index (Phi) is 5.12. The van der Waals surface area contributed by atoms with Gasteiger partial charge in [0.25, 0.3) is 0 Å². The number of anilines is 1. The van der Waals surface area contributed by atoms with Gasteiger partial charge in [0.05, 0.1) is 5.69 Å². The molecule has 0 N–H and O–H groups in total. The molecule has 3 rings (SSSR count). The molecular formula is C22H28N4. The van der Waals surface area contributed by atoms with E-state index in [0.29, 0.717) is 6.04 Å². The molecule has 136 valence electrons. The number of para-hydroxylation sites is 1. The second-order valence-corrected chi connectivity index (χ2v) is 7.21. The van der Waals surface area contributed by atoms with Crippen LogP contribution in [0.1, 0.15) is 46.4 Å². The molecule has 0 aliphatic carbocycles. The van der Waals surface area contributed by atoms with E-state index in [2.05, 4.69) is 85.9 Å². The van der Waals surface area contributed by atoms with Crippen LogP contribution >= 0.6 is 0 Å². The van der Waals surface area contributed by atoms with Crippen LogP contribution in [0.3, 0.4) is 0 Å². The molecule has 1 aliphatic rings. The highest BCUT2D eigenvalue weighted by Gasteiger charge is 2.27. The van der Waals surface area contributed by atoms with Crippen LogP contribution in [0.2, 0.25) is 0 Å². The Bertz CT molecular complexity index is 868. The van der Waals surface area contributed by atoms with Gasteiger partial charge in [-0.3, -0.25) is 0 Å². The summed E-state index contributed by atoms with van der Waals surface area (Å²) in [5.74, 6) is 0. The highest BCUT2D eigenvalue weighted by atomic mass is 15.4. The highest BCUT2D eigenvalue weighted by molar-refractivity contribution is 5.90. The molecular weight excluding hydrogens is 320 g/mol. The number of fused-ring (bicyclic) bond motifs is 3. The third kappa shape index (κ3) is 3.00. The van der Waals surface area contributed by atoms with Gasteiger partial charge in [0, 0.05) is 35.5 Å². The number of aromatic nitrogens is 3. The van der Waals surface area contributed by atoms with Crippen molar-refractivity contribution in [3.8, 4) is 11.3 Å². The monoisotopic (exact) mass is 348 g/mol. The van der Waals surface area contributed by atoms with Crippen molar-refractivity contribution in [1.82, 2.24) is 15.0 Å². The number of hydrogen-bond acceptors (Lipinski definition) is 3. The molecule has 0 saturated carbocycles. The summed E-state index contributed by atoms with van der Waals surface area (Å²) in [6, 6.07) is 9.16. The first-order valence-electron chi connectivity index (χ1n) is 9.29. The summed E-state index contributed by atoms with van der Waals surface area (Å²) >= 11 is 0. The zero-order valence-electron chi connectivity index (χ0n) is 16.4. The molecule has 1 aromatic heterocycles. The molecule has 0 amide bonds. The number of hydrogen-bond donors (Lipinski definition) is 0. The van der Waals surface area contributed by atoms with E-state index in [9.17, 15) is 0 Å². The average Bonchev–Trinajstić information content (AvgIpc) is 3.03. The Labute approximate surface area is 156 Å². The topological polar surface area (TPSA) is 34.0 Å². The first kappa shape index (κ1) is 18.2. The fraction of sp³-hybridized carbons (Fsp3) is 0.364. The molecule has 4 nitrogen and oxygen atoms in total. The van der Waals surface area contributed by atoms with E-state index in [0.717, 1.165) is 23.5 Å². The SMILES string of the molecule is C=C/C1=C(\C=C/C)CN(C(C)C)c2ccccc2-c2c1nnn2C(C)C. The molecule has 2 aromatic rings. The van der Waals surface area contributed by atoms with Gasteiger partial charge in [0.1, 0.15) is 5.69 Å². The van der Waals surface area contributed by atoms with Gasteiger partial charge in [-0.25, -0.2) is 4.68 Å². The van der Waals surface area contributed by atoms with Crippen molar-refractivity contribution < 1.29 is 0 Å². The van der Waals surface area contributed by atoms with E-state index in [4.69, 9.17) is 0 Å². The maximum absolute atomic E-state index is 4.56. The number of benzene rings is 1. The minimum atomic E-state index is 0.225. The summed E-state index contributed by atoms with van der Waals surface area (Å²) in [5, 5.41) is 9.05. The fourth-order valence-corrected chi connectivity index (χ4v) is 3.55. The zero-order valence-corrected chi connectivity index (χ0v) is 16.4. The number of rotatable bonds is 4. The Balaban J connectivity index is 2.42. The van der Waals surface area contributed by atoms with Gasteiger partial charge < -0.3 is 4.90 Å². The molecule has 0 saturated heterocycles. The summed E-state index contributed by atoms with van der Waals surface area (Å²) in [7, 11) is 0. The summed E-state index contributed by atoms with van der Waals surface area (Å²) in [6.45, 7) is 15.7. The minimum absolute atomic E-state index is 0.225. The van der Waals surface area contributed by atoms with Crippen molar-refractivity contribution in [1.29, 1.82) is 0 Å². The van der Waals surface area contributed by atoms with E-state index in [-0.39, 0.29) is 6.04 Å². The molecule has 0 fully saturated rings.